The predicted molar refractivity (Wildman–Crippen MR) is 66.2 cm³/mol. The highest BCUT2D eigenvalue weighted by molar-refractivity contribution is 5.41. The van der Waals surface area contributed by atoms with E-state index in [0.717, 1.165) is 31.6 Å². The molecule has 0 amide bonds. The van der Waals surface area contributed by atoms with Gasteiger partial charge in [0.05, 0.1) is 12.1 Å². The van der Waals surface area contributed by atoms with Gasteiger partial charge < -0.3 is 15.2 Å². The molecule has 3 unspecified atom stereocenters. The highest BCUT2D eigenvalue weighted by Crippen LogP contribution is 2.33. The van der Waals surface area contributed by atoms with Crippen molar-refractivity contribution < 1.29 is 9.84 Å². The van der Waals surface area contributed by atoms with Crippen LogP contribution in [0.25, 0.3) is 0 Å². The number of nitrogens with one attached hydrogen (secondary N) is 1. The van der Waals surface area contributed by atoms with Crippen LogP contribution in [0.5, 0.6) is 5.75 Å². The molecule has 17 heavy (non-hydrogen) atoms. The zero-order chi connectivity index (χ0) is 11.8. The summed E-state index contributed by atoms with van der Waals surface area (Å²) in [6, 6.07) is 6.38. The van der Waals surface area contributed by atoms with E-state index in [4.69, 9.17) is 4.74 Å². The van der Waals surface area contributed by atoms with Gasteiger partial charge in [-0.05, 0) is 43.5 Å². The van der Waals surface area contributed by atoms with Crippen LogP contribution in [0.3, 0.4) is 0 Å². The van der Waals surface area contributed by atoms with Gasteiger partial charge in [-0.15, -0.1) is 0 Å². The highest BCUT2D eigenvalue weighted by Gasteiger charge is 2.26. The van der Waals surface area contributed by atoms with Crippen molar-refractivity contribution >= 4 is 0 Å². The molecule has 0 aliphatic carbocycles. The normalized spacial score (nSPS) is 32.0. The average Bonchev–Trinajstić information content (AvgIpc) is 2.68. The van der Waals surface area contributed by atoms with E-state index in [1.807, 2.05) is 6.07 Å². The van der Waals surface area contributed by atoms with Gasteiger partial charge in [-0.1, -0.05) is 12.1 Å². The van der Waals surface area contributed by atoms with Crippen molar-refractivity contribution in [1.29, 1.82) is 0 Å². The summed E-state index contributed by atoms with van der Waals surface area (Å²) in [6.45, 7) is 3.08. The molecule has 2 heterocycles. The third-order valence-electron chi connectivity index (χ3n) is 3.70. The Morgan fingerprint density at radius 3 is 3.12 bits per heavy atom. The van der Waals surface area contributed by atoms with Crippen LogP contribution >= 0.6 is 0 Å². The van der Waals surface area contributed by atoms with Crippen LogP contribution in [0.1, 0.15) is 36.9 Å². The Bertz CT molecular complexity index is 419. The fourth-order valence-corrected chi connectivity index (χ4v) is 2.85. The summed E-state index contributed by atoms with van der Waals surface area (Å²) >= 11 is 0. The lowest BCUT2D eigenvalue weighted by molar-refractivity contribution is 0.0965. The second kappa shape index (κ2) is 4.31. The molecule has 0 saturated carbocycles. The fourth-order valence-electron chi connectivity index (χ4n) is 2.85. The molecule has 2 aliphatic rings. The summed E-state index contributed by atoms with van der Waals surface area (Å²) in [5, 5.41) is 13.4. The first-order valence-corrected chi connectivity index (χ1v) is 6.45. The molecule has 2 N–H and O–H groups in total. The first kappa shape index (κ1) is 11.1. The number of hydrogen-bond acceptors (Lipinski definition) is 3. The number of aliphatic hydroxyl groups excluding tert-OH is 1. The lowest BCUT2D eigenvalue weighted by atomic mass is 9.93. The minimum absolute atomic E-state index is 0.0879. The van der Waals surface area contributed by atoms with Crippen LogP contribution in [-0.4, -0.2) is 23.9 Å². The quantitative estimate of drug-likeness (QED) is 0.777. The summed E-state index contributed by atoms with van der Waals surface area (Å²) in [6.07, 6.45) is 2.95. The maximum Gasteiger partial charge on any atom is 0.123 e. The number of hydrogen-bond donors (Lipinski definition) is 2. The average molecular weight is 233 g/mol. The zero-order valence-electron chi connectivity index (χ0n) is 10.1. The van der Waals surface area contributed by atoms with Crippen LogP contribution in [0.2, 0.25) is 0 Å². The Morgan fingerprint density at radius 1 is 1.41 bits per heavy atom. The highest BCUT2D eigenvalue weighted by atomic mass is 16.5. The van der Waals surface area contributed by atoms with Crippen LogP contribution in [-0.2, 0) is 6.42 Å². The van der Waals surface area contributed by atoms with Crippen molar-refractivity contribution in [3.05, 3.63) is 29.3 Å². The molecule has 3 atom stereocenters. The molecule has 0 spiro atoms. The van der Waals surface area contributed by atoms with Gasteiger partial charge >= 0.3 is 0 Å². The SMILES string of the molecule is CC1Cc2cc(C3NCCCC3O)ccc2O1. The summed E-state index contributed by atoms with van der Waals surface area (Å²) in [4.78, 5) is 0. The van der Waals surface area contributed by atoms with Crippen LogP contribution < -0.4 is 10.1 Å². The van der Waals surface area contributed by atoms with Crippen LogP contribution in [0, 0.1) is 0 Å². The summed E-state index contributed by atoms with van der Waals surface area (Å²) in [5.74, 6) is 1.01. The molecular weight excluding hydrogens is 214 g/mol. The minimum Gasteiger partial charge on any atom is -0.490 e. The second-order valence-electron chi connectivity index (χ2n) is 5.14. The molecule has 1 aromatic carbocycles. The van der Waals surface area contributed by atoms with Gasteiger partial charge in [0.2, 0.25) is 0 Å². The van der Waals surface area contributed by atoms with Crippen LogP contribution in [0.4, 0.5) is 0 Å². The first-order valence-electron chi connectivity index (χ1n) is 6.45. The van der Waals surface area contributed by atoms with Gasteiger partial charge in [-0.2, -0.15) is 0 Å². The van der Waals surface area contributed by atoms with E-state index in [1.165, 1.54) is 11.1 Å². The lowest BCUT2D eigenvalue weighted by Gasteiger charge is -2.29. The standard InChI is InChI=1S/C14H19NO2/c1-9-7-11-8-10(4-5-13(11)17-9)14-12(16)3-2-6-15-14/h4-5,8-9,12,14-16H,2-3,6-7H2,1H3. The lowest BCUT2D eigenvalue weighted by Crippen LogP contribution is -2.37. The summed E-state index contributed by atoms with van der Waals surface area (Å²) < 4.78 is 5.69. The molecule has 1 fully saturated rings. The molecule has 3 heteroatoms. The van der Waals surface area contributed by atoms with E-state index in [2.05, 4.69) is 24.4 Å². The van der Waals surface area contributed by atoms with Gasteiger partial charge in [-0.25, -0.2) is 0 Å². The van der Waals surface area contributed by atoms with E-state index < -0.39 is 0 Å². The van der Waals surface area contributed by atoms with Crippen molar-refractivity contribution in [2.45, 2.75) is 44.4 Å². The van der Waals surface area contributed by atoms with E-state index in [1.54, 1.807) is 0 Å². The number of piperidine rings is 1. The maximum absolute atomic E-state index is 10.0. The first-order chi connectivity index (χ1) is 8.24. The molecule has 2 aliphatic heterocycles. The van der Waals surface area contributed by atoms with Gasteiger partial charge in [0.25, 0.3) is 0 Å². The van der Waals surface area contributed by atoms with Crippen molar-refractivity contribution in [3.63, 3.8) is 0 Å². The fraction of sp³-hybridized carbons (Fsp3) is 0.571. The van der Waals surface area contributed by atoms with E-state index in [-0.39, 0.29) is 18.2 Å². The molecular formula is C14H19NO2. The zero-order valence-corrected chi connectivity index (χ0v) is 10.1. The molecule has 0 radical (unpaired) electrons. The van der Waals surface area contributed by atoms with Gasteiger partial charge in [-0.3, -0.25) is 0 Å². The predicted octanol–water partition coefficient (Wildman–Crippen LogP) is 1.80. The monoisotopic (exact) mass is 233 g/mol. The van der Waals surface area contributed by atoms with E-state index in [9.17, 15) is 5.11 Å². The number of rotatable bonds is 1. The molecule has 1 saturated heterocycles. The van der Waals surface area contributed by atoms with Gasteiger partial charge in [0, 0.05) is 6.42 Å². The maximum atomic E-state index is 10.0. The smallest absolute Gasteiger partial charge is 0.123 e. The van der Waals surface area contributed by atoms with Crippen molar-refractivity contribution in [2.24, 2.45) is 0 Å². The number of benzene rings is 1. The number of ether oxygens (including phenoxy) is 1. The third kappa shape index (κ3) is 2.05. The Morgan fingerprint density at radius 2 is 2.29 bits per heavy atom. The molecule has 3 nitrogen and oxygen atoms in total. The third-order valence-corrected chi connectivity index (χ3v) is 3.70. The number of aliphatic hydroxyl groups is 1. The Labute approximate surface area is 102 Å². The van der Waals surface area contributed by atoms with Crippen LogP contribution in [0.15, 0.2) is 18.2 Å². The second-order valence-corrected chi connectivity index (χ2v) is 5.14. The summed E-state index contributed by atoms with van der Waals surface area (Å²) in [5.41, 5.74) is 2.46. The van der Waals surface area contributed by atoms with Gasteiger partial charge in [0.15, 0.2) is 0 Å². The Hall–Kier alpha value is -1.06. The number of fused-ring (bicyclic) bond motifs is 1. The molecule has 0 bridgehead atoms. The Kier molecular flexibility index (Phi) is 2.81. The van der Waals surface area contributed by atoms with E-state index in [0.29, 0.717) is 0 Å². The molecule has 92 valence electrons. The molecule has 3 rings (SSSR count). The van der Waals surface area contributed by atoms with Crippen molar-refractivity contribution in [3.8, 4) is 5.75 Å². The van der Waals surface area contributed by atoms with E-state index >= 15 is 0 Å². The minimum atomic E-state index is -0.262. The topological polar surface area (TPSA) is 41.5 Å². The van der Waals surface area contributed by atoms with Crippen molar-refractivity contribution in [1.82, 2.24) is 5.32 Å². The van der Waals surface area contributed by atoms with Gasteiger partial charge in [0.1, 0.15) is 11.9 Å². The van der Waals surface area contributed by atoms with Crippen molar-refractivity contribution in [2.75, 3.05) is 6.54 Å². The largest absolute Gasteiger partial charge is 0.490 e. The Balaban J connectivity index is 1.86. The molecule has 1 aromatic rings. The summed E-state index contributed by atoms with van der Waals surface area (Å²) in [7, 11) is 0. The molecule has 0 aromatic heterocycles.